The molecule has 0 aromatic heterocycles. The molecule has 2 rings (SSSR count). The van der Waals surface area contributed by atoms with Crippen LogP contribution in [0.5, 0.6) is 0 Å². The van der Waals surface area contributed by atoms with E-state index in [1.54, 1.807) is 0 Å². The molecule has 0 unspecified atom stereocenters. The summed E-state index contributed by atoms with van der Waals surface area (Å²) >= 11 is 2.26. The Morgan fingerprint density at radius 2 is 2.31 bits per heavy atom. The summed E-state index contributed by atoms with van der Waals surface area (Å²) in [5.74, 6) is 0. The molecule has 1 aliphatic heterocycles. The lowest BCUT2D eigenvalue weighted by Crippen LogP contribution is -2.21. The molecule has 68 valence electrons. The topological polar surface area (TPSA) is 41.1 Å². The Morgan fingerprint density at radius 3 is 2.92 bits per heavy atom. The zero-order valence-corrected chi connectivity index (χ0v) is 9.04. The van der Waals surface area contributed by atoms with Gasteiger partial charge in [-0.05, 0) is 40.3 Å². The molecule has 2 N–H and O–H groups in total. The third-order valence-electron chi connectivity index (χ3n) is 2.02. The van der Waals surface area contributed by atoms with E-state index in [-0.39, 0.29) is 12.1 Å². The highest BCUT2D eigenvalue weighted by molar-refractivity contribution is 14.1. The molecule has 4 heteroatoms. The molecule has 1 aromatic rings. The zero-order chi connectivity index (χ0) is 9.26. The highest BCUT2D eigenvalue weighted by Crippen LogP contribution is 2.17. The fourth-order valence-electron chi connectivity index (χ4n) is 1.38. The van der Waals surface area contributed by atoms with Crippen LogP contribution in [0.3, 0.4) is 0 Å². The van der Waals surface area contributed by atoms with E-state index in [0.717, 1.165) is 5.56 Å². The average molecular weight is 288 g/mol. The van der Waals surface area contributed by atoms with Crippen molar-refractivity contribution in [2.24, 2.45) is 0 Å². The maximum Gasteiger partial charge on any atom is 0.315 e. The first-order valence-electron chi connectivity index (χ1n) is 4.05. The summed E-state index contributed by atoms with van der Waals surface area (Å²) in [6.07, 6.45) is 0. The Labute approximate surface area is 90.0 Å². The van der Waals surface area contributed by atoms with Crippen LogP contribution in [0.4, 0.5) is 4.79 Å². The number of hydrogen-bond acceptors (Lipinski definition) is 1. The fourth-order valence-corrected chi connectivity index (χ4v) is 1.95. The first kappa shape index (κ1) is 8.80. The van der Waals surface area contributed by atoms with Crippen molar-refractivity contribution in [2.75, 3.05) is 6.54 Å². The number of nitrogens with one attached hydrogen (secondary N) is 2. The maximum atomic E-state index is 10.9. The Balaban J connectivity index is 2.21. The molecule has 1 aromatic carbocycles. The highest BCUT2D eigenvalue weighted by atomic mass is 127. The van der Waals surface area contributed by atoms with Crippen LogP contribution in [0, 0.1) is 3.57 Å². The normalized spacial score (nSPS) is 21.0. The summed E-state index contributed by atoms with van der Waals surface area (Å²) in [7, 11) is 0. The van der Waals surface area contributed by atoms with Crippen LogP contribution < -0.4 is 10.6 Å². The first-order chi connectivity index (χ1) is 6.25. The van der Waals surface area contributed by atoms with E-state index < -0.39 is 0 Å². The second-order valence-electron chi connectivity index (χ2n) is 2.96. The van der Waals surface area contributed by atoms with Crippen LogP contribution in [-0.4, -0.2) is 12.6 Å². The lowest BCUT2D eigenvalue weighted by molar-refractivity contribution is 0.247. The van der Waals surface area contributed by atoms with E-state index in [2.05, 4.69) is 39.3 Å². The lowest BCUT2D eigenvalue weighted by Gasteiger charge is -2.08. The summed E-state index contributed by atoms with van der Waals surface area (Å²) in [5.41, 5.74) is 1.16. The molecule has 1 saturated heterocycles. The van der Waals surface area contributed by atoms with Gasteiger partial charge >= 0.3 is 6.03 Å². The summed E-state index contributed by atoms with van der Waals surface area (Å²) in [6, 6.07) is 8.19. The van der Waals surface area contributed by atoms with Gasteiger partial charge in [0, 0.05) is 10.1 Å². The minimum absolute atomic E-state index is 0.0798. The van der Waals surface area contributed by atoms with E-state index in [0.29, 0.717) is 6.54 Å². The van der Waals surface area contributed by atoms with Gasteiger partial charge < -0.3 is 10.6 Å². The van der Waals surface area contributed by atoms with Crippen LogP contribution in [0.2, 0.25) is 0 Å². The van der Waals surface area contributed by atoms with Crippen molar-refractivity contribution in [1.82, 2.24) is 10.6 Å². The predicted molar refractivity (Wildman–Crippen MR) is 58.4 cm³/mol. The molecule has 2 amide bonds. The molecule has 0 saturated carbocycles. The summed E-state index contributed by atoms with van der Waals surface area (Å²) in [5, 5.41) is 5.58. The molecular formula is C9H9IN2O. The first-order valence-corrected chi connectivity index (χ1v) is 5.13. The standard InChI is InChI=1S/C9H9IN2O/c10-7-3-1-2-6(4-7)8-5-11-9(13)12-8/h1-4,8H,5H2,(H2,11,12,13)/t8-/m0/s1. The number of halogens is 1. The van der Waals surface area contributed by atoms with Gasteiger partial charge in [0.05, 0.1) is 6.04 Å². The molecular weight excluding hydrogens is 279 g/mol. The Morgan fingerprint density at radius 1 is 1.46 bits per heavy atom. The number of hydrogen-bond donors (Lipinski definition) is 2. The molecule has 13 heavy (non-hydrogen) atoms. The quantitative estimate of drug-likeness (QED) is 0.758. The number of carbonyl (C=O) groups is 1. The van der Waals surface area contributed by atoms with Crippen molar-refractivity contribution in [2.45, 2.75) is 6.04 Å². The number of amides is 2. The Hall–Kier alpha value is -0.780. The molecule has 1 aliphatic rings. The number of carbonyl (C=O) groups excluding carboxylic acids is 1. The molecule has 1 atom stereocenters. The Bertz CT molecular complexity index is 340. The van der Waals surface area contributed by atoms with E-state index in [1.807, 2.05) is 18.2 Å². The monoisotopic (exact) mass is 288 g/mol. The molecule has 1 fully saturated rings. The van der Waals surface area contributed by atoms with Crippen molar-refractivity contribution < 1.29 is 4.79 Å². The van der Waals surface area contributed by atoms with Gasteiger partial charge in [-0.2, -0.15) is 0 Å². The number of benzene rings is 1. The van der Waals surface area contributed by atoms with Crippen LogP contribution in [0.15, 0.2) is 24.3 Å². The Kier molecular flexibility index (Phi) is 2.39. The van der Waals surface area contributed by atoms with E-state index in [1.165, 1.54) is 3.57 Å². The molecule has 1 heterocycles. The van der Waals surface area contributed by atoms with E-state index in [4.69, 9.17) is 0 Å². The van der Waals surface area contributed by atoms with Gasteiger partial charge in [0.15, 0.2) is 0 Å². The van der Waals surface area contributed by atoms with Crippen molar-refractivity contribution in [1.29, 1.82) is 0 Å². The van der Waals surface area contributed by atoms with Crippen molar-refractivity contribution in [3.05, 3.63) is 33.4 Å². The van der Waals surface area contributed by atoms with Gasteiger partial charge in [-0.15, -0.1) is 0 Å². The minimum Gasteiger partial charge on any atom is -0.336 e. The van der Waals surface area contributed by atoms with Gasteiger partial charge in [0.1, 0.15) is 0 Å². The summed E-state index contributed by atoms with van der Waals surface area (Å²) < 4.78 is 1.19. The van der Waals surface area contributed by atoms with Gasteiger partial charge in [-0.1, -0.05) is 12.1 Å². The molecule has 0 radical (unpaired) electrons. The van der Waals surface area contributed by atoms with Gasteiger partial charge in [-0.25, -0.2) is 4.79 Å². The highest BCUT2D eigenvalue weighted by Gasteiger charge is 2.20. The van der Waals surface area contributed by atoms with E-state index in [9.17, 15) is 4.79 Å². The molecule has 0 spiro atoms. The molecule has 3 nitrogen and oxygen atoms in total. The fraction of sp³-hybridized carbons (Fsp3) is 0.222. The third-order valence-corrected chi connectivity index (χ3v) is 2.69. The van der Waals surface area contributed by atoms with Gasteiger partial charge in [0.2, 0.25) is 0 Å². The summed E-state index contributed by atoms with van der Waals surface area (Å²) in [4.78, 5) is 10.9. The molecule has 0 bridgehead atoms. The minimum atomic E-state index is -0.0798. The van der Waals surface area contributed by atoms with Crippen LogP contribution >= 0.6 is 22.6 Å². The van der Waals surface area contributed by atoms with Crippen molar-refractivity contribution in [3.8, 4) is 0 Å². The lowest BCUT2D eigenvalue weighted by atomic mass is 10.1. The van der Waals surface area contributed by atoms with E-state index >= 15 is 0 Å². The van der Waals surface area contributed by atoms with Gasteiger partial charge in [-0.3, -0.25) is 0 Å². The smallest absolute Gasteiger partial charge is 0.315 e. The largest absolute Gasteiger partial charge is 0.336 e. The van der Waals surface area contributed by atoms with Crippen molar-refractivity contribution >= 4 is 28.6 Å². The number of urea groups is 1. The zero-order valence-electron chi connectivity index (χ0n) is 6.88. The second-order valence-corrected chi connectivity index (χ2v) is 4.21. The second kappa shape index (κ2) is 3.53. The van der Waals surface area contributed by atoms with Gasteiger partial charge in [0.25, 0.3) is 0 Å². The summed E-state index contributed by atoms with van der Waals surface area (Å²) in [6.45, 7) is 0.679. The SMILES string of the molecule is O=C1NC[C@@H](c2cccc(I)c2)N1. The average Bonchev–Trinajstić information content (AvgIpc) is 2.52. The number of rotatable bonds is 1. The van der Waals surface area contributed by atoms with Crippen molar-refractivity contribution in [3.63, 3.8) is 0 Å². The van der Waals surface area contributed by atoms with Crippen LogP contribution in [0.1, 0.15) is 11.6 Å². The van der Waals surface area contributed by atoms with Crippen LogP contribution in [0.25, 0.3) is 0 Å². The maximum absolute atomic E-state index is 10.9. The van der Waals surface area contributed by atoms with Crippen LogP contribution in [-0.2, 0) is 0 Å². The molecule has 0 aliphatic carbocycles. The predicted octanol–water partition coefficient (Wildman–Crippen LogP) is 1.65. The third kappa shape index (κ3) is 1.93.